The second-order valence-corrected chi connectivity index (χ2v) is 5.76. The second-order valence-electron chi connectivity index (χ2n) is 4.30. The molecule has 120 valence electrons. The number of hydrogen-bond donors (Lipinski definition) is 0. The summed E-state index contributed by atoms with van der Waals surface area (Å²) in [5.74, 6) is -0.172. The Kier molecular flexibility index (Phi) is 7.03. The lowest BCUT2D eigenvalue weighted by Gasteiger charge is -2.19. The minimum Gasteiger partial charge on any atom is -0.335 e. The van der Waals surface area contributed by atoms with Crippen LogP contribution >= 0.6 is 23.4 Å². The summed E-state index contributed by atoms with van der Waals surface area (Å²) < 4.78 is 38.3. The molecule has 22 heavy (non-hydrogen) atoms. The second kappa shape index (κ2) is 8.29. The molecular formula is C15H15ClF3NOS. The van der Waals surface area contributed by atoms with Gasteiger partial charge in [0.1, 0.15) is 0 Å². The van der Waals surface area contributed by atoms with E-state index >= 15 is 0 Å². The van der Waals surface area contributed by atoms with Crippen LogP contribution in [-0.4, -0.2) is 29.6 Å². The molecule has 1 rings (SSSR count). The normalized spacial score (nSPS) is 11.1. The van der Waals surface area contributed by atoms with Crippen LogP contribution in [0.2, 0.25) is 5.02 Å². The zero-order valence-electron chi connectivity index (χ0n) is 11.7. The first kappa shape index (κ1) is 18.6. The zero-order valence-corrected chi connectivity index (χ0v) is 13.3. The highest BCUT2D eigenvalue weighted by molar-refractivity contribution is 8.00. The van der Waals surface area contributed by atoms with Crippen molar-refractivity contribution in [3.63, 3.8) is 0 Å². The van der Waals surface area contributed by atoms with Gasteiger partial charge in [0.15, 0.2) is 0 Å². The molecule has 0 saturated carbocycles. The molecular weight excluding hydrogens is 335 g/mol. The number of halogens is 4. The molecule has 0 unspecified atom stereocenters. The molecule has 7 heteroatoms. The number of rotatable bonds is 7. The van der Waals surface area contributed by atoms with E-state index in [4.69, 9.17) is 11.6 Å². The highest BCUT2D eigenvalue weighted by Gasteiger charge is 2.33. The monoisotopic (exact) mass is 349 g/mol. The van der Waals surface area contributed by atoms with Crippen molar-refractivity contribution in [2.24, 2.45) is 0 Å². The Labute approximate surface area is 136 Å². The van der Waals surface area contributed by atoms with E-state index < -0.39 is 11.7 Å². The Hall–Kier alpha value is -1.40. The number of thioether (sulfide) groups is 1. The topological polar surface area (TPSA) is 20.3 Å². The van der Waals surface area contributed by atoms with Crippen LogP contribution in [0.4, 0.5) is 13.2 Å². The van der Waals surface area contributed by atoms with Crippen molar-refractivity contribution in [3.05, 3.63) is 54.1 Å². The fourth-order valence-corrected chi connectivity index (χ4v) is 2.70. The van der Waals surface area contributed by atoms with Gasteiger partial charge in [0.2, 0.25) is 5.91 Å². The first-order chi connectivity index (χ1) is 10.3. The van der Waals surface area contributed by atoms with Gasteiger partial charge in [0.25, 0.3) is 0 Å². The summed E-state index contributed by atoms with van der Waals surface area (Å²) in [7, 11) is 0. The third-order valence-electron chi connectivity index (χ3n) is 2.66. The maximum absolute atomic E-state index is 12.8. The molecule has 0 radical (unpaired) electrons. The van der Waals surface area contributed by atoms with Crippen LogP contribution in [0, 0.1) is 0 Å². The zero-order chi connectivity index (χ0) is 16.8. The van der Waals surface area contributed by atoms with Crippen molar-refractivity contribution in [2.75, 3.05) is 18.8 Å². The molecule has 1 aromatic rings. The van der Waals surface area contributed by atoms with Crippen LogP contribution < -0.4 is 0 Å². The molecule has 0 aliphatic rings. The molecule has 1 amide bonds. The van der Waals surface area contributed by atoms with Gasteiger partial charge >= 0.3 is 6.18 Å². The lowest BCUT2D eigenvalue weighted by molar-refractivity contribution is -0.137. The maximum atomic E-state index is 12.8. The van der Waals surface area contributed by atoms with E-state index in [1.807, 2.05) is 0 Å². The predicted octanol–water partition coefficient (Wildman–Crippen LogP) is 4.65. The number of hydrogen-bond acceptors (Lipinski definition) is 2. The number of benzene rings is 1. The Morgan fingerprint density at radius 3 is 2.36 bits per heavy atom. The van der Waals surface area contributed by atoms with Crippen LogP contribution in [0.1, 0.15) is 5.56 Å². The fraction of sp³-hybridized carbons (Fsp3) is 0.267. The molecule has 0 bridgehead atoms. The van der Waals surface area contributed by atoms with E-state index in [-0.39, 0.29) is 16.7 Å². The van der Waals surface area contributed by atoms with Crippen molar-refractivity contribution in [2.45, 2.75) is 11.1 Å². The summed E-state index contributed by atoms with van der Waals surface area (Å²) in [5.41, 5.74) is -0.902. The largest absolute Gasteiger partial charge is 0.417 e. The van der Waals surface area contributed by atoms with E-state index in [9.17, 15) is 18.0 Å². The SMILES string of the molecule is C=CCN(CC=C)C(=O)CSc1ccc(Cl)c(C(F)(F)F)c1. The average Bonchev–Trinajstić information content (AvgIpc) is 2.44. The standard InChI is InChI=1S/C15H15ClF3NOS/c1-3-7-20(8-4-2)14(21)10-22-11-5-6-13(16)12(9-11)15(17,18)19/h3-6,9H,1-2,7-8,10H2. The van der Waals surface area contributed by atoms with Gasteiger partial charge in [-0.25, -0.2) is 0 Å². The first-order valence-corrected chi connectivity index (χ1v) is 7.65. The van der Waals surface area contributed by atoms with Crippen LogP contribution in [0.15, 0.2) is 48.4 Å². The molecule has 0 aromatic heterocycles. The van der Waals surface area contributed by atoms with Gasteiger partial charge in [-0.15, -0.1) is 24.9 Å². The van der Waals surface area contributed by atoms with Gasteiger partial charge in [-0.3, -0.25) is 4.79 Å². The predicted molar refractivity (Wildman–Crippen MR) is 84.2 cm³/mol. The van der Waals surface area contributed by atoms with Gasteiger partial charge in [-0.1, -0.05) is 23.8 Å². The lowest BCUT2D eigenvalue weighted by atomic mass is 10.2. The molecule has 0 atom stereocenters. The summed E-state index contributed by atoms with van der Waals surface area (Å²) in [6.45, 7) is 7.84. The summed E-state index contributed by atoms with van der Waals surface area (Å²) >= 11 is 6.58. The van der Waals surface area contributed by atoms with E-state index in [1.54, 1.807) is 12.2 Å². The quantitative estimate of drug-likeness (QED) is 0.527. The van der Waals surface area contributed by atoms with Crippen LogP contribution in [-0.2, 0) is 11.0 Å². The van der Waals surface area contributed by atoms with Crippen LogP contribution in [0.25, 0.3) is 0 Å². The minimum absolute atomic E-state index is 0.0284. The number of nitrogens with zero attached hydrogens (tertiary/aromatic N) is 1. The van der Waals surface area contributed by atoms with Gasteiger partial charge < -0.3 is 4.90 Å². The first-order valence-electron chi connectivity index (χ1n) is 6.28. The summed E-state index contributed by atoms with van der Waals surface area (Å²) in [5, 5.41) is -0.358. The highest BCUT2D eigenvalue weighted by atomic mass is 35.5. The summed E-state index contributed by atoms with van der Waals surface area (Å²) in [6, 6.07) is 3.59. The third-order valence-corrected chi connectivity index (χ3v) is 3.97. The van der Waals surface area contributed by atoms with Crippen molar-refractivity contribution in [1.82, 2.24) is 4.90 Å². The summed E-state index contributed by atoms with van der Waals surface area (Å²) in [6.07, 6.45) is -1.36. The number of alkyl halides is 3. The Morgan fingerprint density at radius 1 is 1.27 bits per heavy atom. The van der Waals surface area contributed by atoms with Crippen molar-refractivity contribution >= 4 is 29.3 Å². The van der Waals surface area contributed by atoms with Gasteiger partial charge in [-0.2, -0.15) is 13.2 Å². The van der Waals surface area contributed by atoms with E-state index in [0.717, 1.165) is 17.8 Å². The smallest absolute Gasteiger partial charge is 0.335 e. The summed E-state index contributed by atoms with van der Waals surface area (Å²) in [4.78, 5) is 13.8. The molecule has 0 aliphatic heterocycles. The molecule has 0 spiro atoms. The van der Waals surface area contributed by atoms with Gasteiger partial charge in [0, 0.05) is 18.0 Å². The molecule has 0 aliphatic carbocycles. The number of carbonyl (C=O) groups is 1. The molecule has 0 fully saturated rings. The third kappa shape index (κ3) is 5.42. The van der Waals surface area contributed by atoms with Crippen molar-refractivity contribution < 1.29 is 18.0 Å². The Morgan fingerprint density at radius 2 is 1.86 bits per heavy atom. The lowest BCUT2D eigenvalue weighted by Crippen LogP contribution is -2.32. The van der Waals surface area contributed by atoms with Crippen LogP contribution in [0.3, 0.4) is 0 Å². The molecule has 0 N–H and O–H groups in total. The highest BCUT2D eigenvalue weighted by Crippen LogP contribution is 2.37. The minimum atomic E-state index is -4.52. The number of carbonyl (C=O) groups excluding carboxylic acids is 1. The fourth-order valence-electron chi connectivity index (χ4n) is 1.64. The molecule has 1 aromatic carbocycles. The van der Waals surface area contributed by atoms with E-state index in [1.165, 1.54) is 17.0 Å². The average molecular weight is 350 g/mol. The molecule has 2 nitrogen and oxygen atoms in total. The number of amides is 1. The molecule has 0 heterocycles. The maximum Gasteiger partial charge on any atom is 0.417 e. The Balaban J connectivity index is 2.77. The van der Waals surface area contributed by atoms with Gasteiger partial charge in [0.05, 0.1) is 16.3 Å². The Bertz CT molecular complexity index is 550. The van der Waals surface area contributed by atoms with E-state index in [2.05, 4.69) is 13.2 Å². The van der Waals surface area contributed by atoms with E-state index in [0.29, 0.717) is 18.0 Å². The van der Waals surface area contributed by atoms with Crippen molar-refractivity contribution in [1.29, 1.82) is 0 Å². The van der Waals surface area contributed by atoms with Crippen molar-refractivity contribution in [3.8, 4) is 0 Å². The molecule has 0 saturated heterocycles. The van der Waals surface area contributed by atoms with Crippen LogP contribution in [0.5, 0.6) is 0 Å². The van der Waals surface area contributed by atoms with Gasteiger partial charge in [-0.05, 0) is 18.2 Å².